The number of aryl methyl sites for hydroxylation is 2. The first-order chi connectivity index (χ1) is 9.58. The number of nitrogens with one attached hydrogen (secondary N) is 3. The molecule has 0 aromatic carbocycles. The van der Waals surface area contributed by atoms with E-state index in [1.807, 2.05) is 13.8 Å². The van der Waals surface area contributed by atoms with Crippen molar-refractivity contribution in [1.29, 1.82) is 0 Å². The zero-order valence-corrected chi connectivity index (χ0v) is 12.5. The molecule has 0 radical (unpaired) electrons. The van der Waals surface area contributed by atoms with Gasteiger partial charge < -0.3 is 15.4 Å². The number of hydrogen-bond donors (Lipinski definition) is 3. The van der Waals surface area contributed by atoms with E-state index in [1.165, 1.54) is 0 Å². The largest absolute Gasteiger partial charge is 0.381 e. The van der Waals surface area contributed by atoms with E-state index in [0.717, 1.165) is 43.1 Å². The Labute approximate surface area is 119 Å². The number of aromatic nitrogens is 2. The van der Waals surface area contributed by atoms with Gasteiger partial charge in [0, 0.05) is 19.3 Å². The molecule has 0 saturated carbocycles. The van der Waals surface area contributed by atoms with Gasteiger partial charge in [0.05, 0.1) is 23.6 Å². The fourth-order valence-electron chi connectivity index (χ4n) is 2.55. The van der Waals surface area contributed by atoms with Crippen molar-refractivity contribution >= 4 is 11.6 Å². The van der Waals surface area contributed by atoms with Crippen molar-refractivity contribution in [1.82, 2.24) is 15.5 Å². The second kappa shape index (κ2) is 6.85. The van der Waals surface area contributed by atoms with Gasteiger partial charge in [-0.3, -0.25) is 9.89 Å². The van der Waals surface area contributed by atoms with Crippen molar-refractivity contribution < 1.29 is 9.53 Å². The van der Waals surface area contributed by atoms with Gasteiger partial charge in [0.15, 0.2) is 0 Å². The summed E-state index contributed by atoms with van der Waals surface area (Å²) in [6.45, 7) is 7.89. The van der Waals surface area contributed by atoms with Crippen LogP contribution in [0.25, 0.3) is 0 Å². The third-order valence-corrected chi connectivity index (χ3v) is 3.95. The highest BCUT2D eigenvalue weighted by molar-refractivity contribution is 5.93. The third-order valence-electron chi connectivity index (χ3n) is 3.95. The molecule has 1 fully saturated rings. The number of aromatic amines is 1. The summed E-state index contributed by atoms with van der Waals surface area (Å²) in [4.78, 5) is 12.0. The van der Waals surface area contributed by atoms with E-state index in [4.69, 9.17) is 4.74 Å². The average molecular weight is 280 g/mol. The lowest BCUT2D eigenvalue weighted by Crippen LogP contribution is -2.40. The highest BCUT2D eigenvalue weighted by atomic mass is 16.5. The van der Waals surface area contributed by atoms with Crippen LogP contribution >= 0.6 is 0 Å². The smallest absolute Gasteiger partial charge is 0.238 e. The van der Waals surface area contributed by atoms with Gasteiger partial charge >= 0.3 is 0 Å². The summed E-state index contributed by atoms with van der Waals surface area (Å²) in [5, 5.41) is 13.1. The lowest BCUT2D eigenvalue weighted by molar-refractivity contribution is -0.115. The van der Waals surface area contributed by atoms with Crippen LogP contribution in [0.5, 0.6) is 0 Å². The minimum Gasteiger partial charge on any atom is -0.381 e. The Balaban J connectivity index is 1.77. The summed E-state index contributed by atoms with van der Waals surface area (Å²) in [5.41, 5.74) is 2.48. The highest BCUT2D eigenvalue weighted by Gasteiger charge is 2.20. The number of hydrogen-bond acceptors (Lipinski definition) is 4. The molecule has 0 bridgehead atoms. The fourth-order valence-corrected chi connectivity index (χ4v) is 2.55. The standard InChI is InChI=1S/C14H24N4O2/c1-9(12-4-6-20-7-5-12)15-8-13(19)16-14-10(2)17-18-11(14)3/h9,12,15H,4-8H2,1-3H3,(H,16,19)(H,17,18)/t9-/m1/s1. The molecule has 0 aliphatic carbocycles. The molecule has 1 amide bonds. The number of carbonyl (C=O) groups is 1. The van der Waals surface area contributed by atoms with Crippen molar-refractivity contribution in [2.75, 3.05) is 25.1 Å². The molecular weight excluding hydrogens is 256 g/mol. The lowest BCUT2D eigenvalue weighted by atomic mass is 9.93. The Bertz CT molecular complexity index is 433. The van der Waals surface area contributed by atoms with Gasteiger partial charge in [0.25, 0.3) is 0 Å². The molecule has 3 N–H and O–H groups in total. The van der Waals surface area contributed by atoms with E-state index < -0.39 is 0 Å². The van der Waals surface area contributed by atoms with E-state index in [9.17, 15) is 4.79 Å². The van der Waals surface area contributed by atoms with E-state index in [2.05, 4.69) is 27.8 Å². The van der Waals surface area contributed by atoms with Crippen molar-refractivity contribution in [2.24, 2.45) is 5.92 Å². The maximum absolute atomic E-state index is 12.0. The van der Waals surface area contributed by atoms with Gasteiger partial charge in [-0.1, -0.05) is 0 Å². The zero-order chi connectivity index (χ0) is 14.5. The van der Waals surface area contributed by atoms with Crippen molar-refractivity contribution in [3.05, 3.63) is 11.4 Å². The first kappa shape index (κ1) is 15.0. The summed E-state index contributed by atoms with van der Waals surface area (Å²) in [5.74, 6) is 0.561. The second-order valence-electron chi connectivity index (χ2n) is 5.48. The van der Waals surface area contributed by atoms with Crippen LogP contribution in [-0.2, 0) is 9.53 Å². The molecule has 2 rings (SSSR count). The number of carbonyl (C=O) groups excluding carboxylic acids is 1. The van der Waals surface area contributed by atoms with E-state index in [1.54, 1.807) is 0 Å². The Morgan fingerprint density at radius 3 is 2.75 bits per heavy atom. The summed E-state index contributed by atoms with van der Waals surface area (Å²) in [6, 6.07) is 0.330. The fraction of sp³-hybridized carbons (Fsp3) is 0.714. The zero-order valence-electron chi connectivity index (χ0n) is 12.5. The Morgan fingerprint density at radius 2 is 2.15 bits per heavy atom. The van der Waals surface area contributed by atoms with Crippen molar-refractivity contribution in [3.8, 4) is 0 Å². The molecule has 1 aromatic rings. The van der Waals surface area contributed by atoms with Gasteiger partial charge in [0.1, 0.15) is 0 Å². The number of nitrogens with zero attached hydrogens (tertiary/aromatic N) is 1. The quantitative estimate of drug-likeness (QED) is 0.761. The molecule has 6 heteroatoms. The van der Waals surface area contributed by atoms with Gasteiger partial charge in [-0.15, -0.1) is 0 Å². The minimum absolute atomic E-state index is 0.0310. The predicted molar refractivity (Wildman–Crippen MR) is 77.7 cm³/mol. The van der Waals surface area contributed by atoms with Crippen LogP contribution in [0.15, 0.2) is 0 Å². The molecule has 1 aliphatic rings. The Hall–Kier alpha value is -1.40. The van der Waals surface area contributed by atoms with Gasteiger partial charge in [0.2, 0.25) is 5.91 Å². The number of ether oxygens (including phenoxy) is 1. The predicted octanol–water partition coefficient (Wildman–Crippen LogP) is 1.37. The maximum atomic E-state index is 12.0. The Morgan fingerprint density at radius 1 is 1.45 bits per heavy atom. The van der Waals surface area contributed by atoms with Crippen LogP contribution in [0.3, 0.4) is 0 Å². The SMILES string of the molecule is Cc1n[nH]c(C)c1NC(=O)CN[C@H](C)C1CCOCC1. The molecule has 2 heterocycles. The van der Waals surface area contributed by atoms with Gasteiger partial charge in [-0.2, -0.15) is 5.10 Å². The minimum atomic E-state index is -0.0310. The van der Waals surface area contributed by atoms with Crippen LogP contribution in [-0.4, -0.2) is 41.9 Å². The molecule has 0 unspecified atom stereocenters. The molecular formula is C14H24N4O2. The third kappa shape index (κ3) is 3.80. The summed E-state index contributed by atoms with van der Waals surface area (Å²) in [6.07, 6.45) is 2.13. The molecule has 1 aliphatic heterocycles. The van der Waals surface area contributed by atoms with Crippen LogP contribution in [0.1, 0.15) is 31.2 Å². The lowest BCUT2D eigenvalue weighted by Gasteiger charge is -2.28. The molecule has 1 saturated heterocycles. The first-order valence-electron chi connectivity index (χ1n) is 7.20. The normalized spacial score (nSPS) is 17.9. The average Bonchev–Trinajstić information content (AvgIpc) is 2.77. The van der Waals surface area contributed by atoms with Crippen molar-refractivity contribution in [2.45, 2.75) is 39.7 Å². The number of rotatable bonds is 5. The Kier molecular flexibility index (Phi) is 5.14. The summed E-state index contributed by atoms with van der Waals surface area (Å²) >= 11 is 0. The van der Waals surface area contributed by atoms with E-state index in [-0.39, 0.29) is 5.91 Å². The molecule has 1 atom stereocenters. The molecule has 6 nitrogen and oxygen atoms in total. The van der Waals surface area contributed by atoms with Gasteiger partial charge in [-0.25, -0.2) is 0 Å². The van der Waals surface area contributed by atoms with E-state index in [0.29, 0.717) is 18.5 Å². The number of H-pyrrole nitrogens is 1. The maximum Gasteiger partial charge on any atom is 0.238 e. The van der Waals surface area contributed by atoms with E-state index >= 15 is 0 Å². The molecule has 1 aromatic heterocycles. The summed E-state index contributed by atoms with van der Waals surface area (Å²) in [7, 11) is 0. The molecule has 0 spiro atoms. The topological polar surface area (TPSA) is 79.0 Å². The summed E-state index contributed by atoms with van der Waals surface area (Å²) < 4.78 is 5.35. The molecule has 20 heavy (non-hydrogen) atoms. The van der Waals surface area contributed by atoms with Crippen LogP contribution in [0.4, 0.5) is 5.69 Å². The number of anilines is 1. The monoisotopic (exact) mass is 280 g/mol. The van der Waals surface area contributed by atoms with Crippen molar-refractivity contribution in [3.63, 3.8) is 0 Å². The second-order valence-corrected chi connectivity index (χ2v) is 5.48. The van der Waals surface area contributed by atoms with Crippen LogP contribution in [0.2, 0.25) is 0 Å². The highest BCUT2D eigenvalue weighted by Crippen LogP contribution is 2.18. The van der Waals surface area contributed by atoms with Gasteiger partial charge in [-0.05, 0) is 39.5 Å². The number of amides is 1. The first-order valence-corrected chi connectivity index (χ1v) is 7.20. The van der Waals surface area contributed by atoms with Crippen LogP contribution in [0, 0.1) is 19.8 Å². The molecule has 112 valence electrons. The van der Waals surface area contributed by atoms with Crippen LogP contribution < -0.4 is 10.6 Å².